The van der Waals surface area contributed by atoms with Crippen molar-refractivity contribution in [1.29, 1.82) is 0 Å². The molecule has 0 aliphatic heterocycles. The molecule has 126 valence electrons. The predicted molar refractivity (Wildman–Crippen MR) is 89.7 cm³/mol. The highest BCUT2D eigenvalue weighted by Crippen LogP contribution is 2.11. The zero-order chi connectivity index (χ0) is 17.7. The monoisotopic (exact) mass is 346 g/mol. The molecule has 0 fully saturated rings. The van der Waals surface area contributed by atoms with E-state index in [1.165, 1.54) is 24.3 Å². The minimum atomic E-state index is -3.66. The molecule has 0 radical (unpaired) electrons. The van der Waals surface area contributed by atoms with Crippen molar-refractivity contribution < 1.29 is 13.2 Å². The van der Waals surface area contributed by atoms with Crippen molar-refractivity contribution in [2.75, 3.05) is 6.54 Å². The number of carbonyl (C=O) groups excluding carboxylic acids is 1. The van der Waals surface area contributed by atoms with Crippen LogP contribution in [0.2, 0.25) is 0 Å². The first-order valence-electron chi connectivity index (χ1n) is 7.17. The minimum absolute atomic E-state index is 0.0491. The molecule has 0 bridgehead atoms. The van der Waals surface area contributed by atoms with Gasteiger partial charge in [0.2, 0.25) is 10.0 Å². The van der Waals surface area contributed by atoms with Gasteiger partial charge in [0.05, 0.1) is 23.7 Å². The Kier molecular flexibility index (Phi) is 5.39. The van der Waals surface area contributed by atoms with Crippen LogP contribution in [0.25, 0.3) is 0 Å². The van der Waals surface area contributed by atoms with Crippen molar-refractivity contribution in [2.45, 2.75) is 25.3 Å². The van der Waals surface area contributed by atoms with Crippen LogP contribution in [-0.2, 0) is 16.6 Å². The van der Waals surface area contributed by atoms with Gasteiger partial charge in [0.15, 0.2) is 0 Å². The van der Waals surface area contributed by atoms with Gasteiger partial charge in [0.25, 0.3) is 5.91 Å². The average Bonchev–Trinajstić information content (AvgIpc) is 2.90. The van der Waals surface area contributed by atoms with Gasteiger partial charge in [-0.2, -0.15) is 9.82 Å². The quantitative estimate of drug-likeness (QED) is 0.675. The first-order chi connectivity index (χ1) is 11.3. The summed E-state index contributed by atoms with van der Waals surface area (Å²) >= 11 is 0. The molecule has 0 saturated carbocycles. The maximum absolute atomic E-state index is 12.1. The normalized spacial score (nSPS) is 11.0. The van der Waals surface area contributed by atoms with Crippen LogP contribution in [0.5, 0.6) is 0 Å². The number of terminal acetylenes is 1. The number of carbonyl (C=O) groups is 1. The Labute approximate surface area is 140 Å². The number of rotatable bonds is 6. The predicted octanol–water partition coefficient (Wildman–Crippen LogP) is 0.868. The second-order valence-corrected chi connectivity index (χ2v) is 6.92. The lowest BCUT2D eigenvalue weighted by Gasteiger charge is -2.07. The van der Waals surface area contributed by atoms with Crippen molar-refractivity contribution >= 4 is 15.9 Å². The molecule has 2 rings (SSSR count). The van der Waals surface area contributed by atoms with E-state index in [1.807, 2.05) is 13.8 Å². The summed E-state index contributed by atoms with van der Waals surface area (Å²) in [6, 6.07) is 5.61. The van der Waals surface area contributed by atoms with Gasteiger partial charge in [0, 0.05) is 11.3 Å². The molecule has 0 aliphatic carbocycles. The molecule has 0 unspecified atom stereocenters. The molecule has 0 aliphatic rings. The molecule has 0 atom stereocenters. The fraction of sp³-hybridized carbons (Fsp3) is 0.250. The van der Waals surface area contributed by atoms with E-state index in [2.05, 4.69) is 26.2 Å². The first-order valence-corrected chi connectivity index (χ1v) is 8.65. The third-order valence-electron chi connectivity index (χ3n) is 3.56. The average molecular weight is 346 g/mol. The number of aromatic amines is 1. The third kappa shape index (κ3) is 4.01. The molecule has 0 spiro atoms. The summed E-state index contributed by atoms with van der Waals surface area (Å²) in [5, 5.41) is 9.71. The van der Waals surface area contributed by atoms with Gasteiger partial charge in [-0.25, -0.2) is 8.42 Å². The van der Waals surface area contributed by atoms with Gasteiger partial charge >= 0.3 is 0 Å². The number of sulfonamides is 1. The molecule has 0 saturated heterocycles. The number of aromatic nitrogens is 2. The van der Waals surface area contributed by atoms with Crippen LogP contribution in [0.15, 0.2) is 29.2 Å². The SMILES string of the molecule is C#CCNS(=O)(=O)c1ccc(C(=O)NCc2n[nH]c(C)c2C)cc1. The lowest BCUT2D eigenvalue weighted by molar-refractivity contribution is 0.0950. The number of nitrogens with one attached hydrogen (secondary N) is 3. The van der Waals surface area contributed by atoms with Crippen LogP contribution < -0.4 is 10.0 Å². The summed E-state index contributed by atoms with van der Waals surface area (Å²) in [5.74, 6) is 1.89. The molecule has 1 amide bonds. The smallest absolute Gasteiger partial charge is 0.251 e. The summed E-state index contributed by atoms with van der Waals surface area (Å²) in [4.78, 5) is 12.2. The summed E-state index contributed by atoms with van der Waals surface area (Å²) in [5.41, 5.74) is 3.07. The van der Waals surface area contributed by atoms with Crippen LogP contribution in [0.4, 0.5) is 0 Å². The van der Waals surface area contributed by atoms with Crippen molar-refractivity contribution in [1.82, 2.24) is 20.2 Å². The van der Waals surface area contributed by atoms with Crippen LogP contribution in [-0.4, -0.2) is 31.1 Å². The van der Waals surface area contributed by atoms with E-state index in [1.54, 1.807) is 0 Å². The number of H-pyrrole nitrogens is 1. The number of benzene rings is 1. The van der Waals surface area contributed by atoms with E-state index >= 15 is 0 Å². The molecule has 8 heteroatoms. The van der Waals surface area contributed by atoms with Gasteiger partial charge in [-0.3, -0.25) is 9.89 Å². The van der Waals surface area contributed by atoms with E-state index in [4.69, 9.17) is 6.42 Å². The Morgan fingerprint density at radius 1 is 1.29 bits per heavy atom. The Morgan fingerprint density at radius 2 is 1.96 bits per heavy atom. The van der Waals surface area contributed by atoms with Gasteiger partial charge in [-0.1, -0.05) is 5.92 Å². The summed E-state index contributed by atoms with van der Waals surface area (Å²) in [6.07, 6.45) is 5.03. The fourth-order valence-corrected chi connectivity index (χ4v) is 2.91. The molecule has 7 nitrogen and oxygen atoms in total. The molecule has 1 aromatic carbocycles. The van der Waals surface area contributed by atoms with E-state index in [0.29, 0.717) is 12.1 Å². The number of aryl methyl sites for hydroxylation is 1. The first kappa shape index (κ1) is 17.7. The molecule has 24 heavy (non-hydrogen) atoms. The van der Waals surface area contributed by atoms with Crippen molar-refractivity contribution in [3.8, 4) is 12.3 Å². The van der Waals surface area contributed by atoms with E-state index in [0.717, 1.165) is 17.0 Å². The topological polar surface area (TPSA) is 104 Å². The van der Waals surface area contributed by atoms with Crippen molar-refractivity contribution in [3.63, 3.8) is 0 Å². The van der Waals surface area contributed by atoms with E-state index in [9.17, 15) is 13.2 Å². The molecular weight excluding hydrogens is 328 g/mol. The van der Waals surface area contributed by atoms with Crippen LogP contribution in [0, 0.1) is 26.2 Å². The van der Waals surface area contributed by atoms with Crippen LogP contribution in [0.1, 0.15) is 27.3 Å². The zero-order valence-electron chi connectivity index (χ0n) is 13.4. The molecule has 1 aromatic heterocycles. The van der Waals surface area contributed by atoms with Gasteiger partial charge < -0.3 is 5.32 Å². The molecule has 3 N–H and O–H groups in total. The molecule has 2 aromatic rings. The standard InChI is InChI=1S/C16H18N4O3S/c1-4-9-18-24(22,23)14-7-5-13(6-8-14)16(21)17-10-15-11(2)12(3)19-20-15/h1,5-8,18H,9-10H2,2-3H3,(H,17,21)(H,19,20). The minimum Gasteiger partial charge on any atom is -0.346 e. The lowest BCUT2D eigenvalue weighted by atomic mass is 10.2. The highest BCUT2D eigenvalue weighted by Gasteiger charge is 2.14. The summed E-state index contributed by atoms with van der Waals surface area (Å²) < 4.78 is 26.1. The van der Waals surface area contributed by atoms with Crippen molar-refractivity contribution in [2.24, 2.45) is 0 Å². The number of nitrogens with zero attached hydrogens (tertiary/aromatic N) is 1. The maximum atomic E-state index is 12.1. The van der Waals surface area contributed by atoms with Gasteiger partial charge in [-0.05, 0) is 43.7 Å². The van der Waals surface area contributed by atoms with Crippen molar-refractivity contribution in [3.05, 3.63) is 46.8 Å². The second kappa shape index (κ2) is 7.29. The second-order valence-electron chi connectivity index (χ2n) is 5.16. The third-order valence-corrected chi connectivity index (χ3v) is 4.98. The zero-order valence-corrected chi connectivity index (χ0v) is 14.2. The largest absolute Gasteiger partial charge is 0.346 e. The van der Waals surface area contributed by atoms with E-state index < -0.39 is 10.0 Å². The Hall–Kier alpha value is -2.63. The summed E-state index contributed by atoms with van der Waals surface area (Å²) in [7, 11) is -3.66. The Bertz CT molecular complexity index is 877. The Morgan fingerprint density at radius 3 is 2.50 bits per heavy atom. The van der Waals surface area contributed by atoms with Crippen LogP contribution in [0.3, 0.4) is 0 Å². The number of hydrogen-bond donors (Lipinski definition) is 3. The number of amides is 1. The summed E-state index contributed by atoms with van der Waals surface area (Å²) in [6.45, 7) is 4.02. The highest BCUT2D eigenvalue weighted by atomic mass is 32.2. The fourth-order valence-electron chi connectivity index (χ4n) is 1.98. The molecule has 1 heterocycles. The van der Waals surface area contributed by atoms with Crippen LogP contribution >= 0.6 is 0 Å². The van der Waals surface area contributed by atoms with Gasteiger partial charge in [-0.15, -0.1) is 6.42 Å². The number of hydrogen-bond acceptors (Lipinski definition) is 4. The Balaban J connectivity index is 2.04. The van der Waals surface area contributed by atoms with Gasteiger partial charge in [0.1, 0.15) is 0 Å². The van der Waals surface area contributed by atoms with E-state index in [-0.39, 0.29) is 17.3 Å². The maximum Gasteiger partial charge on any atom is 0.251 e. The lowest BCUT2D eigenvalue weighted by Crippen LogP contribution is -2.25. The highest BCUT2D eigenvalue weighted by molar-refractivity contribution is 7.89. The molecular formula is C16H18N4O3S.